The van der Waals surface area contributed by atoms with E-state index in [0.717, 1.165) is 4.47 Å². The Morgan fingerprint density at radius 3 is 2.46 bits per heavy atom. The maximum atomic E-state index is 13.5. The molecule has 28 heavy (non-hydrogen) atoms. The molecule has 8 heteroatoms. The Hall–Kier alpha value is -3.00. The van der Waals surface area contributed by atoms with Crippen LogP contribution in [0.1, 0.15) is 11.3 Å². The van der Waals surface area contributed by atoms with E-state index in [-0.39, 0.29) is 29.8 Å². The number of aromatic nitrogens is 2. The lowest BCUT2D eigenvalue weighted by Gasteiger charge is -2.14. The van der Waals surface area contributed by atoms with Crippen molar-refractivity contribution in [2.45, 2.75) is 20.4 Å². The van der Waals surface area contributed by atoms with Gasteiger partial charge in [-0.3, -0.25) is 14.2 Å². The summed E-state index contributed by atoms with van der Waals surface area (Å²) in [5.74, 6) is -0.482. The zero-order valence-corrected chi connectivity index (χ0v) is 16.9. The van der Waals surface area contributed by atoms with Crippen LogP contribution in [0.25, 0.3) is 0 Å². The van der Waals surface area contributed by atoms with Crippen LogP contribution in [-0.4, -0.2) is 15.5 Å². The molecule has 1 heterocycles. The minimum Gasteiger partial charge on any atom is -0.326 e. The average molecular weight is 445 g/mol. The van der Waals surface area contributed by atoms with E-state index in [9.17, 15) is 14.0 Å². The van der Waals surface area contributed by atoms with Gasteiger partial charge in [0.2, 0.25) is 11.9 Å². The monoisotopic (exact) mass is 444 g/mol. The third-order valence-electron chi connectivity index (χ3n) is 3.98. The van der Waals surface area contributed by atoms with Crippen molar-refractivity contribution in [2.24, 2.45) is 0 Å². The Kier molecular flexibility index (Phi) is 5.89. The molecule has 0 aliphatic rings. The standard InChI is InChI=1S/C20H18BrFN4O2/c1-12-9-16(7-8-17(12)22)25-20-23-13(2)10-19(28)26(20)11-18(27)24-15-5-3-14(21)4-6-15/h3-10H,11H2,1-2H3,(H,23,25)(H,24,27). The van der Waals surface area contributed by atoms with Gasteiger partial charge < -0.3 is 10.6 Å². The van der Waals surface area contributed by atoms with E-state index in [4.69, 9.17) is 0 Å². The van der Waals surface area contributed by atoms with Crippen LogP contribution in [0.2, 0.25) is 0 Å². The molecule has 2 aromatic carbocycles. The number of rotatable bonds is 5. The number of anilines is 3. The van der Waals surface area contributed by atoms with Gasteiger partial charge in [0.15, 0.2) is 0 Å². The number of nitrogens with zero attached hydrogens (tertiary/aromatic N) is 2. The molecule has 0 saturated carbocycles. The summed E-state index contributed by atoms with van der Waals surface area (Å²) in [6.45, 7) is 3.11. The van der Waals surface area contributed by atoms with Crippen LogP contribution in [-0.2, 0) is 11.3 Å². The van der Waals surface area contributed by atoms with E-state index in [1.54, 1.807) is 50.2 Å². The largest absolute Gasteiger partial charge is 0.326 e. The number of benzene rings is 2. The second-order valence-electron chi connectivity index (χ2n) is 6.29. The number of hydrogen-bond acceptors (Lipinski definition) is 4. The first-order valence-electron chi connectivity index (χ1n) is 8.49. The highest BCUT2D eigenvalue weighted by molar-refractivity contribution is 9.10. The molecule has 6 nitrogen and oxygen atoms in total. The molecule has 0 aliphatic carbocycles. The Labute approximate surface area is 169 Å². The highest BCUT2D eigenvalue weighted by Crippen LogP contribution is 2.18. The third-order valence-corrected chi connectivity index (χ3v) is 4.51. The number of aryl methyl sites for hydroxylation is 2. The molecule has 0 fully saturated rings. The summed E-state index contributed by atoms with van der Waals surface area (Å²) < 4.78 is 15.6. The second kappa shape index (κ2) is 8.35. The predicted molar refractivity (Wildman–Crippen MR) is 110 cm³/mol. The van der Waals surface area contributed by atoms with Crippen LogP contribution in [0.5, 0.6) is 0 Å². The van der Waals surface area contributed by atoms with Crippen molar-refractivity contribution in [1.82, 2.24) is 9.55 Å². The fraction of sp³-hybridized carbons (Fsp3) is 0.150. The van der Waals surface area contributed by atoms with Crippen molar-refractivity contribution < 1.29 is 9.18 Å². The maximum absolute atomic E-state index is 13.5. The van der Waals surface area contributed by atoms with Crippen LogP contribution in [0.4, 0.5) is 21.7 Å². The molecule has 0 spiro atoms. The minimum absolute atomic E-state index is 0.210. The van der Waals surface area contributed by atoms with Crippen LogP contribution >= 0.6 is 15.9 Å². The van der Waals surface area contributed by atoms with Gasteiger partial charge in [-0.1, -0.05) is 15.9 Å². The molecule has 0 aliphatic heterocycles. The molecule has 1 amide bonds. The summed E-state index contributed by atoms with van der Waals surface area (Å²) >= 11 is 3.33. The number of nitrogens with one attached hydrogen (secondary N) is 2. The summed E-state index contributed by atoms with van der Waals surface area (Å²) in [5.41, 5.74) is 1.79. The summed E-state index contributed by atoms with van der Waals surface area (Å²) in [4.78, 5) is 29.2. The van der Waals surface area contributed by atoms with E-state index >= 15 is 0 Å². The highest BCUT2D eigenvalue weighted by Gasteiger charge is 2.12. The first-order valence-corrected chi connectivity index (χ1v) is 9.28. The predicted octanol–water partition coefficient (Wildman–Crippen LogP) is 4.14. The Morgan fingerprint density at radius 2 is 1.79 bits per heavy atom. The van der Waals surface area contributed by atoms with Gasteiger partial charge in [0.25, 0.3) is 5.56 Å². The minimum atomic E-state index is -0.367. The van der Waals surface area contributed by atoms with Crippen molar-refractivity contribution in [1.29, 1.82) is 0 Å². The average Bonchev–Trinajstić information content (AvgIpc) is 2.63. The first-order chi connectivity index (χ1) is 13.3. The number of carbonyl (C=O) groups excluding carboxylic acids is 1. The molecule has 0 unspecified atom stereocenters. The smallest absolute Gasteiger partial charge is 0.255 e. The molecular formula is C20H18BrFN4O2. The van der Waals surface area contributed by atoms with Gasteiger partial charge in [-0.05, 0) is 61.9 Å². The summed E-state index contributed by atoms with van der Waals surface area (Å²) in [6.07, 6.45) is 0. The van der Waals surface area contributed by atoms with E-state index in [2.05, 4.69) is 31.5 Å². The van der Waals surface area contributed by atoms with Gasteiger partial charge in [-0.25, -0.2) is 9.37 Å². The zero-order valence-electron chi connectivity index (χ0n) is 15.3. The molecule has 0 bridgehead atoms. The van der Waals surface area contributed by atoms with Gasteiger partial charge in [0, 0.05) is 27.6 Å². The molecule has 1 aromatic heterocycles. The molecular weight excluding hydrogens is 427 g/mol. The summed E-state index contributed by atoms with van der Waals surface area (Å²) in [7, 11) is 0. The van der Waals surface area contributed by atoms with Gasteiger partial charge in [-0.2, -0.15) is 0 Å². The number of carbonyl (C=O) groups is 1. The molecule has 3 rings (SSSR count). The Balaban J connectivity index is 1.85. The molecule has 0 radical (unpaired) electrons. The fourth-order valence-corrected chi connectivity index (χ4v) is 2.86. The topological polar surface area (TPSA) is 76.0 Å². The van der Waals surface area contributed by atoms with E-state index < -0.39 is 0 Å². The lowest BCUT2D eigenvalue weighted by molar-refractivity contribution is -0.116. The lowest BCUT2D eigenvalue weighted by Crippen LogP contribution is -2.30. The van der Waals surface area contributed by atoms with E-state index in [0.29, 0.717) is 22.6 Å². The van der Waals surface area contributed by atoms with Crippen molar-refractivity contribution >= 4 is 39.2 Å². The fourth-order valence-electron chi connectivity index (χ4n) is 2.60. The molecule has 0 saturated heterocycles. The van der Waals surface area contributed by atoms with Crippen LogP contribution in [0.15, 0.2) is 57.8 Å². The molecule has 2 N–H and O–H groups in total. The Morgan fingerprint density at radius 1 is 1.11 bits per heavy atom. The quantitative estimate of drug-likeness (QED) is 0.619. The lowest BCUT2D eigenvalue weighted by atomic mass is 10.2. The van der Waals surface area contributed by atoms with Crippen molar-refractivity contribution in [3.8, 4) is 0 Å². The molecule has 3 aromatic rings. The van der Waals surface area contributed by atoms with E-state index in [1.807, 2.05) is 0 Å². The van der Waals surface area contributed by atoms with Gasteiger partial charge in [0.05, 0.1) is 0 Å². The number of hydrogen-bond donors (Lipinski definition) is 2. The van der Waals surface area contributed by atoms with Crippen LogP contribution in [0.3, 0.4) is 0 Å². The molecule has 144 valence electrons. The highest BCUT2D eigenvalue weighted by atomic mass is 79.9. The van der Waals surface area contributed by atoms with Crippen LogP contribution in [0, 0.1) is 19.7 Å². The normalized spacial score (nSPS) is 10.6. The summed E-state index contributed by atoms with van der Waals surface area (Å²) in [5, 5.41) is 5.74. The first kappa shape index (κ1) is 19.8. The zero-order chi connectivity index (χ0) is 20.3. The number of halogens is 2. The second-order valence-corrected chi connectivity index (χ2v) is 7.21. The maximum Gasteiger partial charge on any atom is 0.255 e. The van der Waals surface area contributed by atoms with Crippen molar-refractivity contribution in [3.05, 3.63) is 80.4 Å². The van der Waals surface area contributed by atoms with Gasteiger partial charge in [0.1, 0.15) is 12.4 Å². The van der Waals surface area contributed by atoms with Gasteiger partial charge in [-0.15, -0.1) is 0 Å². The molecule has 0 atom stereocenters. The van der Waals surface area contributed by atoms with Crippen molar-refractivity contribution in [3.63, 3.8) is 0 Å². The SMILES string of the molecule is Cc1cc(=O)n(CC(=O)Nc2ccc(Br)cc2)c(Nc2ccc(F)c(C)c2)n1. The summed E-state index contributed by atoms with van der Waals surface area (Å²) in [6, 6.07) is 12.9. The van der Waals surface area contributed by atoms with E-state index in [1.165, 1.54) is 16.7 Å². The van der Waals surface area contributed by atoms with Crippen LogP contribution < -0.4 is 16.2 Å². The number of amides is 1. The third kappa shape index (κ3) is 4.83. The Bertz CT molecular complexity index is 1080. The van der Waals surface area contributed by atoms with Gasteiger partial charge >= 0.3 is 0 Å². The van der Waals surface area contributed by atoms with Crippen molar-refractivity contribution in [2.75, 3.05) is 10.6 Å².